The molecule has 0 bridgehead atoms. The van der Waals surface area contributed by atoms with Gasteiger partial charge in [-0.05, 0) is 49.9 Å². The average molecular weight is 225 g/mol. The van der Waals surface area contributed by atoms with Gasteiger partial charge in [-0.1, -0.05) is 30.3 Å². The van der Waals surface area contributed by atoms with Crippen LogP contribution in [-0.2, 0) is 6.42 Å². The number of aryl methyl sites for hydroxylation is 1. The van der Waals surface area contributed by atoms with Gasteiger partial charge in [0, 0.05) is 17.8 Å². The first-order valence-electron chi connectivity index (χ1n) is 6.07. The van der Waals surface area contributed by atoms with Gasteiger partial charge in [0.05, 0.1) is 0 Å². The van der Waals surface area contributed by atoms with E-state index in [1.54, 1.807) is 0 Å². The first kappa shape index (κ1) is 11.8. The number of hydrogen-bond donors (Lipinski definition) is 0. The Kier molecular flexibility index (Phi) is 3.28. The number of rotatable bonds is 2. The standard InChI is InChI=1S/C16H19N/c1-11-12(2)14(4)17-16(13(11)3)10-15-8-6-5-7-9-15/h5-9H,10H2,1-4H3. The fourth-order valence-corrected chi connectivity index (χ4v) is 2.10. The maximum atomic E-state index is 4.73. The summed E-state index contributed by atoms with van der Waals surface area (Å²) in [5, 5.41) is 0. The first-order valence-corrected chi connectivity index (χ1v) is 6.07. The van der Waals surface area contributed by atoms with E-state index >= 15 is 0 Å². The highest BCUT2D eigenvalue weighted by molar-refractivity contribution is 5.39. The molecule has 0 N–H and O–H groups in total. The van der Waals surface area contributed by atoms with Crippen molar-refractivity contribution in [1.29, 1.82) is 0 Å². The van der Waals surface area contributed by atoms with Gasteiger partial charge in [0.2, 0.25) is 0 Å². The zero-order valence-electron chi connectivity index (χ0n) is 11.0. The van der Waals surface area contributed by atoms with Crippen molar-refractivity contribution in [2.75, 3.05) is 0 Å². The molecule has 0 aliphatic carbocycles. The van der Waals surface area contributed by atoms with Crippen molar-refractivity contribution in [1.82, 2.24) is 4.98 Å². The highest BCUT2D eigenvalue weighted by atomic mass is 14.7. The van der Waals surface area contributed by atoms with Crippen LogP contribution in [0.2, 0.25) is 0 Å². The van der Waals surface area contributed by atoms with Gasteiger partial charge in [0.1, 0.15) is 0 Å². The number of nitrogens with zero attached hydrogens (tertiary/aromatic N) is 1. The second kappa shape index (κ2) is 4.70. The third kappa shape index (κ3) is 2.38. The van der Waals surface area contributed by atoms with E-state index in [1.807, 2.05) is 0 Å². The molecule has 1 nitrogen and oxygen atoms in total. The van der Waals surface area contributed by atoms with E-state index in [9.17, 15) is 0 Å². The Balaban J connectivity index is 2.41. The van der Waals surface area contributed by atoms with Crippen LogP contribution in [0.1, 0.15) is 33.6 Å². The van der Waals surface area contributed by atoms with Crippen LogP contribution < -0.4 is 0 Å². The summed E-state index contributed by atoms with van der Waals surface area (Å²) in [7, 11) is 0. The summed E-state index contributed by atoms with van der Waals surface area (Å²) in [5.74, 6) is 0. The molecule has 0 radical (unpaired) electrons. The summed E-state index contributed by atoms with van der Waals surface area (Å²) in [6, 6.07) is 10.5. The second-order valence-corrected chi connectivity index (χ2v) is 4.68. The van der Waals surface area contributed by atoms with Crippen molar-refractivity contribution in [2.45, 2.75) is 34.1 Å². The van der Waals surface area contributed by atoms with Crippen LogP contribution in [0.4, 0.5) is 0 Å². The van der Waals surface area contributed by atoms with Gasteiger partial charge >= 0.3 is 0 Å². The van der Waals surface area contributed by atoms with Gasteiger partial charge in [-0.25, -0.2) is 0 Å². The minimum absolute atomic E-state index is 0.925. The van der Waals surface area contributed by atoms with Gasteiger partial charge < -0.3 is 0 Å². The predicted molar refractivity (Wildman–Crippen MR) is 72.4 cm³/mol. The molecule has 0 saturated carbocycles. The maximum absolute atomic E-state index is 4.73. The summed E-state index contributed by atoms with van der Waals surface area (Å²) in [4.78, 5) is 4.73. The highest BCUT2D eigenvalue weighted by Crippen LogP contribution is 2.20. The molecular formula is C16H19N. The molecule has 2 rings (SSSR count). The number of pyridine rings is 1. The Labute approximate surface area is 104 Å². The zero-order chi connectivity index (χ0) is 12.4. The third-order valence-electron chi connectivity index (χ3n) is 3.62. The molecule has 88 valence electrons. The summed E-state index contributed by atoms with van der Waals surface area (Å²) < 4.78 is 0. The van der Waals surface area contributed by atoms with E-state index in [1.165, 1.54) is 27.9 Å². The summed E-state index contributed by atoms with van der Waals surface area (Å²) >= 11 is 0. The van der Waals surface area contributed by atoms with Crippen LogP contribution in [0, 0.1) is 27.7 Å². The minimum Gasteiger partial charge on any atom is -0.257 e. The van der Waals surface area contributed by atoms with Crippen LogP contribution in [-0.4, -0.2) is 4.98 Å². The third-order valence-corrected chi connectivity index (χ3v) is 3.62. The molecule has 0 aliphatic rings. The molecule has 1 aromatic heterocycles. The molecule has 0 unspecified atom stereocenters. The molecule has 17 heavy (non-hydrogen) atoms. The van der Waals surface area contributed by atoms with Gasteiger partial charge in [0.15, 0.2) is 0 Å². The van der Waals surface area contributed by atoms with E-state index in [4.69, 9.17) is 4.98 Å². The lowest BCUT2D eigenvalue weighted by molar-refractivity contribution is 0.975. The largest absolute Gasteiger partial charge is 0.257 e. The Morgan fingerprint density at radius 2 is 1.47 bits per heavy atom. The van der Waals surface area contributed by atoms with Crippen molar-refractivity contribution in [2.24, 2.45) is 0 Å². The van der Waals surface area contributed by atoms with E-state index < -0.39 is 0 Å². The van der Waals surface area contributed by atoms with E-state index in [0.717, 1.165) is 12.1 Å². The summed E-state index contributed by atoms with van der Waals surface area (Å²) in [5.41, 5.74) is 7.71. The molecule has 0 spiro atoms. The van der Waals surface area contributed by atoms with Crippen LogP contribution in [0.15, 0.2) is 30.3 Å². The Morgan fingerprint density at radius 3 is 2.12 bits per heavy atom. The number of benzene rings is 1. The van der Waals surface area contributed by atoms with E-state index in [2.05, 4.69) is 58.0 Å². The van der Waals surface area contributed by atoms with Crippen molar-refractivity contribution < 1.29 is 0 Å². The lowest BCUT2D eigenvalue weighted by atomic mass is 9.98. The van der Waals surface area contributed by atoms with Crippen molar-refractivity contribution in [3.63, 3.8) is 0 Å². The summed E-state index contributed by atoms with van der Waals surface area (Å²) in [6.45, 7) is 8.61. The second-order valence-electron chi connectivity index (χ2n) is 4.68. The average Bonchev–Trinajstić information content (AvgIpc) is 2.35. The molecule has 0 atom stereocenters. The molecule has 1 aromatic carbocycles. The minimum atomic E-state index is 0.925. The van der Waals surface area contributed by atoms with E-state index in [-0.39, 0.29) is 0 Å². The Hall–Kier alpha value is -1.63. The lowest BCUT2D eigenvalue weighted by Crippen LogP contribution is -2.03. The number of hydrogen-bond acceptors (Lipinski definition) is 1. The van der Waals surface area contributed by atoms with Crippen molar-refractivity contribution >= 4 is 0 Å². The fraction of sp³-hybridized carbons (Fsp3) is 0.312. The fourth-order valence-electron chi connectivity index (χ4n) is 2.10. The predicted octanol–water partition coefficient (Wildman–Crippen LogP) is 3.91. The molecule has 0 amide bonds. The topological polar surface area (TPSA) is 12.9 Å². The smallest absolute Gasteiger partial charge is 0.0482 e. The van der Waals surface area contributed by atoms with E-state index in [0.29, 0.717) is 0 Å². The molecule has 1 heterocycles. The van der Waals surface area contributed by atoms with Gasteiger partial charge in [-0.15, -0.1) is 0 Å². The Bertz CT molecular complexity index is 527. The zero-order valence-corrected chi connectivity index (χ0v) is 11.0. The molecular weight excluding hydrogens is 206 g/mol. The van der Waals surface area contributed by atoms with Gasteiger partial charge in [-0.3, -0.25) is 4.98 Å². The molecule has 2 aromatic rings. The van der Waals surface area contributed by atoms with Crippen LogP contribution >= 0.6 is 0 Å². The van der Waals surface area contributed by atoms with Gasteiger partial charge in [-0.2, -0.15) is 0 Å². The van der Waals surface area contributed by atoms with Gasteiger partial charge in [0.25, 0.3) is 0 Å². The quantitative estimate of drug-likeness (QED) is 0.755. The SMILES string of the molecule is Cc1nc(Cc2ccccc2)c(C)c(C)c1C. The first-order chi connectivity index (χ1) is 8.09. The normalized spacial score (nSPS) is 10.6. The van der Waals surface area contributed by atoms with Crippen molar-refractivity contribution in [3.8, 4) is 0 Å². The van der Waals surface area contributed by atoms with Crippen molar-refractivity contribution in [3.05, 3.63) is 64.0 Å². The van der Waals surface area contributed by atoms with Crippen LogP contribution in [0.25, 0.3) is 0 Å². The molecule has 0 fully saturated rings. The van der Waals surface area contributed by atoms with Crippen LogP contribution in [0.5, 0.6) is 0 Å². The molecule has 0 saturated heterocycles. The maximum Gasteiger partial charge on any atom is 0.0482 e. The Morgan fingerprint density at radius 1 is 0.824 bits per heavy atom. The molecule has 1 heteroatoms. The number of aromatic nitrogens is 1. The molecule has 0 aliphatic heterocycles. The monoisotopic (exact) mass is 225 g/mol. The lowest BCUT2D eigenvalue weighted by Gasteiger charge is -2.13. The van der Waals surface area contributed by atoms with Crippen LogP contribution in [0.3, 0.4) is 0 Å². The highest BCUT2D eigenvalue weighted by Gasteiger charge is 2.08. The summed E-state index contributed by atoms with van der Waals surface area (Å²) in [6.07, 6.45) is 0.925.